The van der Waals surface area contributed by atoms with Gasteiger partial charge in [0.25, 0.3) is 5.56 Å². The number of rotatable bonds is 3. The van der Waals surface area contributed by atoms with E-state index in [2.05, 4.69) is 9.97 Å². The van der Waals surface area contributed by atoms with Crippen LogP contribution in [0.15, 0.2) is 29.1 Å². The van der Waals surface area contributed by atoms with E-state index in [0.717, 1.165) is 0 Å². The molecule has 1 aromatic heterocycles. The van der Waals surface area contributed by atoms with Gasteiger partial charge in [0.05, 0.1) is 5.56 Å². The molecule has 0 bridgehead atoms. The molecule has 3 N–H and O–H groups in total. The first-order valence-electron chi connectivity index (χ1n) is 5.62. The second-order valence-electron chi connectivity index (χ2n) is 4.15. The van der Waals surface area contributed by atoms with Gasteiger partial charge in [0, 0.05) is 17.7 Å². The van der Waals surface area contributed by atoms with Gasteiger partial charge in [0.15, 0.2) is 4.77 Å². The van der Waals surface area contributed by atoms with E-state index in [1.54, 1.807) is 25.1 Å². The molecular weight excluding hydrogens is 264 g/mol. The average molecular weight is 276 g/mol. The minimum Gasteiger partial charge on any atom is -0.478 e. The predicted molar refractivity (Wildman–Crippen MR) is 73.2 cm³/mol. The molecular formula is C13H12N2O3S. The van der Waals surface area contributed by atoms with Crippen LogP contribution in [0.4, 0.5) is 0 Å². The number of aromatic nitrogens is 2. The quantitative estimate of drug-likeness (QED) is 0.749. The van der Waals surface area contributed by atoms with Gasteiger partial charge in [-0.05, 0) is 30.8 Å². The molecule has 0 atom stereocenters. The molecule has 1 aromatic carbocycles. The Bertz CT molecular complexity index is 746. The Morgan fingerprint density at radius 1 is 1.32 bits per heavy atom. The van der Waals surface area contributed by atoms with Crippen LogP contribution >= 0.6 is 12.2 Å². The van der Waals surface area contributed by atoms with E-state index >= 15 is 0 Å². The Labute approximate surface area is 113 Å². The highest BCUT2D eigenvalue weighted by atomic mass is 32.1. The number of carboxylic acids is 1. The van der Waals surface area contributed by atoms with Crippen LogP contribution in [-0.2, 0) is 6.42 Å². The van der Waals surface area contributed by atoms with Gasteiger partial charge in [-0.2, -0.15) is 0 Å². The number of hydrogen-bond acceptors (Lipinski definition) is 3. The van der Waals surface area contributed by atoms with Crippen molar-refractivity contribution in [2.45, 2.75) is 13.3 Å². The highest BCUT2D eigenvalue weighted by Gasteiger charge is 2.12. The van der Waals surface area contributed by atoms with E-state index in [0.29, 0.717) is 16.8 Å². The van der Waals surface area contributed by atoms with Crippen molar-refractivity contribution >= 4 is 18.2 Å². The summed E-state index contributed by atoms with van der Waals surface area (Å²) in [6.45, 7) is 1.74. The largest absolute Gasteiger partial charge is 0.478 e. The Balaban J connectivity index is 2.51. The molecule has 0 saturated carbocycles. The van der Waals surface area contributed by atoms with Crippen LogP contribution in [0.1, 0.15) is 27.2 Å². The second-order valence-corrected chi connectivity index (χ2v) is 4.56. The van der Waals surface area contributed by atoms with E-state index in [1.807, 2.05) is 0 Å². The molecule has 6 heteroatoms. The zero-order valence-electron chi connectivity index (χ0n) is 10.2. The molecule has 0 radical (unpaired) electrons. The fraction of sp³-hybridized carbons (Fsp3) is 0.154. The van der Waals surface area contributed by atoms with Crippen LogP contribution in [0.25, 0.3) is 0 Å². The summed E-state index contributed by atoms with van der Waals surface area (Å²) in [5, 5.41) is 9.12. The Hall–Kier alpha value is -2.21. The summed E-state index contributed by atoms with van der Waals surface area (Å²) >= 11 is 4.87. The summed E-state index contributed by atoms with van der Waals surface area (Å²) in [6, 6.07) is 6.62. The smallest absolute Gasteiger partial charge is 0.335 e. The Kier molecular flexibility index (Phi) is 3.62. The van der Waals surface area contributed by atoms with E-state index in [-0.39, 0.29) is 22.3 Å². The van der Waals surface area contributed by atoms with Gasteiger partial charge < -0.3 is 10.1 Å². The number of aromatic carboxylic acids is 1. The van der Waals surface area contributed by atoms with Gasteiger partial charge in [0.2, 0.25) is 0 Å². The van der Waals surface area contributed by atoms with E-state index < -0.39 is 5.97 Å². The molecule has 0 saturated heterocycles. The molecule has 0 aliphatic carbocycles. The molecule has 0 fully saturated rings. The van der Waals surface area contributed by atoms with Crippen molar-refractivity contribution in [2.75, 3.05) is 0 Å². The molecule has 2 rings (SSSR count). The second kappa shape index (κ2) is 5.19. The van der Waals surface area contributed by atoms with Crippen LogP contribution in [0, 0.1) is 11.7 Å². The van der Waals surface area contributed by atoms with E-state index in [4.69, 9.17) is 17.3 Å². The number of aryl methyl sites for hydroxylation is 1. The van der Waals surface area contributed by atoms with Crippen molar-refractivity contribution in [3.05, 3.63) is 61.8 Å². The summed E-state index contributed by atoms with van der Waals surface area (Å²) in [4.78, 5) is 28.3. The predicted octanol–water partition coefficient (Wildman–Crippen LogP) is 2.03. The van der Waals surface area contributed by atoms with Crippen LogP contribution in [0.5, 0.6) is 0 Å². The number of benzene rings is 1. The van der Waals surface area contributed by atoms with Crippen LogP contribution in [0.2, 0.25) is 0 Å². The molecule has 2 aromatic rings. The number of carboxylic acid groups (broad SMARTS) is 1. The maximum Gasteiger partial charge on any atom is 0.335 e. The fourth-order valence-electron chi connectivity index (χ4n) is 1.91. The molecule has 98 valence electrons. The fourth-order valence-corrected chi connectivity index (χ4v) is 2.16. The molecule has 5 nitrogen and oxygen atoms in total. The summed E-state index contributed by atoms with van der Waals surface area (Å²) in [5.41, 5.74) is 1.63. The van der Waals surface area contributed by atoms with E-state index in [1.165, 1.54) is 6.07 Å². The summed E-state index contributed by atoms with van der Waals surface area (Å²) in [7, 11) is 0. The SMILES string of the molecule is Cc1[nH]c(=S)[nH]c(=O)c1Cc1ccccc1C(=O)O. The van der Waals surface area contributed by atoms with Crippen LogP contribution < -0.4 is 5.56 Å². The number of nitrogens with one attached hydrogen (secondary N) is 2. The van der Waals surface area contributed by atoms with Gasteiger partial charge in [0.1, 0.15) is 0 Å². The van der Waals surface area contributed by atoms with Gasteiger partial charge in [-0.25, -0.2) is 4.79 Å². The molecule has 0 aliphatic heterocycles. The van der Waals surface area contributed by atoms with Crippen LogP contribution in [0.3, 0.4) is 0 Å². The van der Waals surface area contributed by atoms with Gasteiger partial charge >= 0.3 is 5.97 Å². The minimum absolute atomic E-state index is 0.198. The van der Waals surface area contributed by atoms with Crippen molar-refractivity contribution in [3.63, 3.8) is 0 Å². The lowest BCUT2D eigenvalue weighted by Gasteiger charge is -2.07. The molecule has 0 aliphatic rings. The molecule has 0 spiro atoms. The Morgan fingerprint density at radius 3 is 2.63 bits per heavy atom. The maximum atomic E-state index is 11.9. The molecule has 0 amide bonds. The summed E-state index contributed by atoms with van der Waals surface area (Å²) < 4.78 is 0.262. The molecule has 19 heavy (non-hydrogen) atoms. The first-order valence-corrected chi connectivity index (χ1v) is 6.03. The van der Waals surface area contributed by atoms with Crippen molar-refractivity contribution in [3.8, 4) is 0 Å². The third-order valence-electron chi connectivity index (χ3n) is 2.87. The monoisotopic (exact) mass is 276 g/mol. The number of hydrogen-bond donors (Lipinski definition) is 3. The lowest BCUT2D eigenvalue weighted by atomic mass is 10.00. The van der Waals surface area contributed by atoms with Crippen molar-refractivity contribution < 1.29 is 9.90 Å². The topological polar surface area (TPSA) is 86.0 Å². The van der Waals surface area contributed by atoms with Crippen molar-refractivity contribution in [1.82, 2.24) is 9.97 Å². The van der Waals surface area contributed by atoms with Gasteiger partial charge in [-0.3, -0.25) is 9.78 Å². The highest BCUT2D eigenvalue weighted by Crippen LogP contribution is 2.13. The highest BCUT2D eigenvalue weighted by molar-refractivity contribution is 7.71. The third kappa shape index (κ3) is 2.79. The van der Waals surface area contributed by atoms with E-state index in [9.17, 15) is 9.59 Å². The van der Waals surface area contributed by atoms with Crippen molar-refractivity contribution in [1.29, 1.82) is 0 Å². The average Bonchev–Trinajstić information content (AvgIpc) is 2.34. The van der Waals surface area contributed by atoms with Gasteiger partial charge in [-0.1, -0.05) is 18.2 Å². The summed E-state index contributed by atoms with van der Waals surface area (Å²) in [6.07, 6.45) is 0.246. The minimum atomic E-state index is -1.01. The van der Waals surface area contributed by atoms with Crippen molar-refractivity contribution in [2.24, 2.45) is 0 Å². The number of H-pyrrole nitrogens is 2. The number of carbonyl (C=O) groups is 1. The first kappa shape index (κ1) is 13.2. The molecule has 1 heterocycles. The van der Waals surface area contributed by atoms with Crippen LogP contribution in [-0.4, -0.2) is 21.0 Å². The first-order chi connectivity index (χ1) is 8.99. The normalized spacial score (nSPS) is 10.4. The van der Waals surface area contributed by atoms with Gasteiger partial charge in [-0.15, -0.1) is 0 Å². The summed E-state index contributed by atoms with van der Waals surface area (Å²) in [5.74, 6) is -1.01. The lowest BCUT2D eigenvalue weighted by molar-refractivity contribution is 0.0696. The standard InChI is InChI=1S/C13H12N2O3S/c1-7-10(11(16)15-13(19)14-7)6-8-4-2-3-5-9(8)12(17)18/h2-5H,6H2,1H3,(H,17,18)(H2,14,15,16,19). The zero-order valence-corrected chi connectivity index (χ0v) is 11.0. The maximum absolute atomic E-state index is 11.9. The number of aromatic amines is 2. The lowest BCUT2D eigenvalue weighted by Crippen LogP contribution is -2.17. The molecule has 0 unspecified atom stereocenters. The third-order valence-corrected chi connectivity index (χ3v) is 3.07. The Morgan fingerprint density at radius 2 is 2.00 bits per heavy atom. The zero-order chi connectivity index (χ0) is 14.0.